The highest BCUT2D eigenvalue weighted by Crippen LogP contribution is 2.22. The minimum Gasteiger partial charge on any atom is -0.480 e. The van der Waals surface area contributed by atoms with E-state index in [2.05, 4.69) is 6.07 Å². The van der Waals surface area contributed by atoms with Gasteiger partial charge in [0.2, 0.25) is 0 Å². The van der Waals surface area contributed by atoms with Gasteiger partial charge >= 0.3 is 5.97 Å². The Kier molecular flexibility index (Phi) is 5.63. The van der Waals surface area contributed by atoms with Crippen LogP contribution in [-0.4, -0.2) is 35.1 Å². The van der Waals surface area contributed by atoms with Crippen molar-refractivity contribution in [1.82, 2.24) is 4.90 Å². The fourth-order valence-corrected chi connectivity index (χ4v) is 1.41. The second kappa shape index (κ2) is 6.02. The van der Waals surface area contributed by atoms with Gasteiger partial charge in [0.15, 0.2) is 0 Å². The standard InChI is InChI=1S/C13H24N2O2/c1-12(2,10-14)8-6-7-9-15(5)13(3,4)11(16)17/h6-9H2,1-5H3,(H,16,17). The molecular formula is C13H24N2O2. The summed E-state index contributed by atoms with van der Waals surface area (Å²) in [7, 11) is 1.82. The fraction of sp³-hybridized carbons (Fsp3) is 0.846. The number of aliphatic carboxylic acids is 1. The third-order valence-corrected chi connectivity index (χ3v) is 3.33. The molecule has 98 valence electrons. The molecule has 0 atom stereocenters. The van der Waals surface area contributed by atoms with E-state index in [0.29, 0.717) is 0 Å². The Bertz CT molecular complexity index is 303. The van der Waals surface area contributed by atoms with Crippen LogP contribution in [0.5, 0.6) is 0 Å². The normalized spacial score (nSPS) is 12.5. The van der Waals surface area contributed by atoms with E-state index in [1.54, 1.807) is 13.8 Å². The van der Waals surface area contributed by atoms with E-state index in [9.17, 15) is 4.79 Å². The molecule has 0 aromatic carbocycles. The number of nitrogens with zero attached hydrogens (tertiary/aromatic N) is 2. The first-order valence-corrected chi connectivity index (χ1v) is 5.99. The molecule has 4 nitrogen and oxygen atoms in total. The highest BCUT2D eigenvalue weighted by atomic mass is 16.4. The summed E-state index contributed by atoms with van der Waals surface area (Å²) in [5, 5.41) is 17.9. The molecule has 0 unspecified atom stereocenters. The van der Waals surface area contributed by atoms with E-state index in [4.69, 9.17) is 10.4 Å². The van der Waals surface area contributed by atoms with Crippen LogP contribution in [-0.2, 0) is 4.79 Å². The van der Waals surface area contributed by atoms with Crippen molar-refractivity contribution < 1.29 is 9.90 Å². The Morgan fingerprint density at radius 3 is 2.24 bits per heavy atom. The number of nitriles is 1. The number of unbranched alkanes of at least 4 members (excludes halogenated alkanes) is 1. The highest BCUT2D eigenvalue weighted by Gasteiger charge is 2.31. The zero-order valence-corrected chi connectivity index (χ0v) is 11.6. The lowest BCUT2D eigenvalue weighted by Gasteiger charge is -2.31. The van der Waals surface area contributed by atoms with Crippen LogP contribution < -0.4 is 0 Å². The SMILES string of the molecule is CN(CCCCC(C)(C)C#N)C(C)(C)C(=O)O. The van der Waals surface area contributed by atoms with Crippen LogP contribution in [0.1, 0.15) is 47.0 Å². The second-order valence-corrected chi connectivity index (χ2v) is 5.74. The fourth-order valence-electron chi connectivity index (χ4n) is 1.41. The van der Waals surface area contributed by atoms with E-state index in [1.807, 2.05) is 25.8 Å². The molecule has 0 amide bonds. The number of hydrogen-bond acceptors (Lipinski definition) is 3. The zero-order chi connectivity index (χ0) is 13.7. The molecule has 0 heterocycles. The molecule has 17 heavy (non-hydrogen) atoms. The Balaban J connectivity index is 4.00. The second-order valence-electron chi connectivity index (χ2n) is 5.74. The number of rotatable bonds is 7. The van der Waals surface area contributed by atoms with Crippen molar-refractivity contribution in [3.05, 3.63) is 0 Å². The predicted octanol–water partition coefficient (Wildman–Crippen LogP) is 2.50. The van der Waals surface area contributed by atoms with Crippen molar-refractivity contribution in [2.24, 2.45) is 5.41 Å². The molecule has 0 aliphatic heterocycles. The minimum absolute atomic E-state index is 0.277. The molecule has 0 spiro atoms. The first-order chi connectivity index (χ1) is 7.63. The first kappa shape index (κ1) is 15.9. The third kappa shape index (κ3) is 5.18. The Labute approximate surface area is 104 Å². The summed E-state index contributed by atoms with van der Waals surface area (Å²) in [5.74, 6) is -0.808. The van der Waals surface area contributed by atoms with Gasteiger partial charge in [0.25, 0.3) is 0 Å². The van der Waals surface area contributed by atoms with Gasteiger partial charge in [-0.1, -0.05) is 6.42 Å². The maximum Gasteiger partial charge on any atom is 0.323 e. The Morgan fingerprint density at radius 1 is 1.29 bits per heavy atom. The zero-order valence-electron chi connectivity index (χ0n) is 11.6. The largest absolute Gasteiger partial charge is 0.480 e. The van der Waals surface area contributed by atoms with Gasteiger partial charge in [-0.2, -0.15) is 5.26 Å². The van der Waals surface area contributed by atoms with Crippen molar-refractivity contribution >= 4 is 5.97 Å². The van der Waals surface area contributed by atoms with Crippen LogP contribution in [0.15, 0.2) is 0 Å². The van der Waals surface area contributed by atoms with Crippen LogP contribution >= 0.6 is 0 Å². The molecule has 0 aliphatic rings. The van der Waals surface area contributed by atoms with Gasteiger partial charge in [-0.25, -0.2) is 0 Å². The molecule has 0 radical (unpaired) electrons. The molecule has 0 fully saturated rings. The van der Waals surface area contributed by atoms with Gasteiger partial charge in [0, 0.05) is 0 Å². The number of carboxylic acids is 1. The molecule has 0 saturated carbocycles. The third-order valence-electron chi connectivity index (χ3n) is 3.33. The number of hydrogen-bond donors (Lipinski definition) is 1. The summed E-state index contributed by atoms with van der Waals surface area (Å²) in [6, 6.07) is 2.27. The van der Waals surface area contributed by atoms with Crippen molar-refractivity contribution in [3.63, 3.8) is 0 Å². The average molecular weight is 240 g/mol. The lowest BCUT2D eigenvalue weighted by atomic mass is 9.89. The highest BCUT2D eigenvalue weighted by molar-refractivity contribution is 5.77. The number of likely N-dealkylation sites (N-methyl/N-ethyl adjacent to an activating group) is 1. The Hall–Kier alpha value is -1.08. The summed E-state index contributed by atoms with van der Waals surface area (Å²) < 4.78 is 0. The van der Waals surface area contributed by atoms with Gasteiger partial charge in [-0.3, -0.25) is 9.69 Å². The molecular weight excluding hydrogens is 216 g/mol. The summed E-state index contributed by atoms with van der Waals surface area (Å²) in [4.78, 5) is 12.9. The van der Waals surface area contributed by atoms with Gasteiger partial charge < -0.3 is 5.11 Å². The summed E-state index contributed by atoms with van der Waals surface area (Å²) in [6.45, 7) is 8.00. The van der Waals surface area contributed by atoms with Gasteiger partial charge in [-0.05, 0) is 54.1 Å². The lowest BCUT2D eigenvalue weighted by molar-refractivity contribution is -0.148. The first-order valence-electron chi connectivity index (χ1n) is 5.99. The van der Waals surface area contributed by atoms with Crippen LogP contribution in [0.2, 0.25) is 0 Å². The number of carboxylic acid groups (broad SMARTS) is 1. The van der Waals surface area contributed by atoms with Gasteiger partial charge in [-0.15, -0.1) is 0 Å². The molecule has 4 heteroatoms. The minimum atomic E-state index is -0.829. The van der Waals surface area contributed by atoms with Crippen molar-refractivity contribution in [1.29, 1.82) is 5.26 Å². The maximum absolute atomic E-state index is 11.0. The Morgan fingerprint density at radius 2 is 1.82 bits per heavy atom. The smallest absolute Gasteiger partial charge is 0.323 e. The summed E-state index contributed by atoms with van der Waals surface area (Å²) in [5.41, 5.74) is -1.11. The molecule has 0 saturated heterocycles. The summed E-state index contributed by atoms with van der Waals surface area (Å²) in [6.07, 6.45) is 2.71. The maximum atomic E-state index is 11.0. The molecule has 0 aromatic heterocycles. The van der Waals surface area contributed by atoms with E-state index in [1.165, 1.54) is 0 Å². The summed E-state index contributed by atoms with van der Waals surface area (Å²) >= 11 is 0. The lowest BCUT2D eigenvalue weighted by Crippen LogP contribution is -2.48. The van der Waals surface area contributed by atoms with E-state index in [-0.39, 0.29) is 5.41 Å². The number of carbonyl (C=O) groups is 1. The van der Waals surface area contributed by atoms with E-state index in [0.717, 1.165) is 25.8 Å². The molecule has 1 N–H and O–H groups in total. The van der Waals surface area contributed by atoms with Crippen molar-refractivity contribution in [2.45, 2.75) is 52.5 Å². The molecule has 0 bridgehead atoms. The average Bonchev–Trinajstić information content (AvgIpc) is 2.23. The van der Waals surface area contributed by atoms with Crippen LogP contribution in [0, 0.1) is 16.7 Å². The van der Waals surface area contributed by atoms with Crippen LogP contribution in [0.4, 0.5) is 0 Å². The van der Waals surface area contributed by atoms with E-state index < -0.39 is 11.5 Å². The molecule has 0 aliphatic carbocycles. The molecule has 0 aromatic rings. The molecule has 0 rings (SSSR count). The predicted molar refractivity (Wildman–Crippen MR) is 67.6 cm³/mol. The monoisotopic (exact) mass is 240 g/mol. The van der Waals surface area contributed by atoms with Crippen LogP contribution in [0.3, 0.4) is 0 Å². The van der Waals surface area contributed by atoms with Crippen molar-refractivity contribution in [2.75, 3.05) is 13.6 Å². The van der Waals surface area contributed by atoms with Crippen LogP contribution in [0.25, 0.3) is 0 Å². The topological polar surface area (TPSA) is 64.3 Å². The quantitative estimate of drug-likeness (QED) is 0.694. The van der Waals surface area contributed by atoms with Gasteiger partial charge in [0.1, 0.15) is 5.54 Å². The van der Waals surface area contributed by atoms with E-state index >= 15 is 0 Å². The van der Waals surface area contributed by atoms with Gasteiger partial charge in [0.05, 0.1) is 11.5 Å². The van der Waals surface area contributed by atoms with Crippen molar-refractivity contribution in [3.8, 4) is 6.07 Å².